The predicted molar refractivity (Wildman–Crippen MR) is 89.3 cm³/mol. The summed E-state index contributed by atoms with van der Waals surface area (Å²) in [6, 6.07) is 0. The molecule has 2 bridgehead atoms. The Kier molecular flexibility index (Phi) is 4.48. The Bertz CT molecular complexity index is 599. The van der Waals surface area contributed by atoms with Gasteiger partial charge < -0.3 is 19.3 Å². The van der Waals surface area contributed by atoms with Crippen molar-refractivity contribution in [2.75, 3.05) is 0 Å². The van der Waals surface area contributed by atoms with Crippen molar-refractivity contribution in [3.63, 3.8) is 0 Å². The Morgan fingerprint density at radius 2 is 2.08 bits per heavy atom. The Labute approximate surface area is 148 Å². The molecule has 140 valence electrons. The van der Waals surface area contributed by atoms with Crippen LogP contribution in [0.5, 0.6) is 0 Å². The number of hydrogen-bond donors (Lipinski definition) is 1. The molecule has 0 aliphatic carbocycles. The summed E-state index contributed by atoms with van der Waals surface area (Å²) in [4.78, 5) is 24.3. The highest BCUT2D eigenvalue weighted by molar-refractivity contribution is 5.91. The number of rotatable bonds is 2. The molecule has 6 nitrogen and oxygen atoms in total. The highest BCUT2D eigenvalue weighted by atomic mass is 16.6. The molecule has 6 atom stereocenters. The first-order valence-electron chi connectivity index (χ1n) is 9.07. The number of esters is 2. The molecule has 0 aromatic heterocycles. The zero-order valence-electron chi connectivity index (χ0n) is 15.4. The lowest BCUT2D eigenvalue weighted by molar-refractivity contribution is -0.250. The van der Waals surface area contributed by atoms with Crippen molar-refractivity contribution >= 4 is 11.9 Å². The summed E-state index contributed by atoms with van der Waals surface area (Å²) < 4.78 is 17.3. The lowest BCUT2D eigenvalue weighted by Crippen LogP contribution is -2.40. The van der Waals surface area contributed by atoms with Gasteiger partial charge in [0.05, 0.1) is 17.4 Å². The minimum absolute atomic E-state index is 0.208. The van der Waals surface area contributed by atoms with Gasteiger partial charge in [0.15, 0.2) is 5.79 Å². The minimum atomic E-state index is -1.24. The smallest absolute Gasteiger partial charge is 0.334 e. The zero-order valence-corrected chi connectivity index (χ0v) is 15.4. The van der Waals surface area contributed by atoms with Gasteiger partial charge in [-0.1, -0.05) is 27.4 Å². The van der Waals surface area contributed by atoms with Gasteiger partial charge in [-0.3, -0.25) is 4.79 Å². The summed E-state index contributed by atoms with van der Waals surface area (Å²) in [5, 5.41) is 10.9. The average molecular weight is 352 g/mol. The molecule has 3 rings (SSSR count). The topological polar surface area (TPSA) is 82.1 Å². The first-order valence-corrected chi connectivity index (χ1v) is 9.07. The fourth-order valence-electron chi connectivity index (χ4n) is 4.25. The highest BCUT2D eigenvalue weighted by Gasteiger charge is 2.56. The van der Waals surface area contributed by atoms with Crippen LogP contribution in [0.25, 0.3) is 0 Å². The van der Waals surface area contributed by atoms with E-state index in [0.717, 1.165) is 0 Å². The third kappa shape index (κ3) is 3.22. The van der Waals surface area contributed by atoms with Crippen LogP contribution < -0.4 is 0 Å². The molecule has 3 saturated heterocycles. The Morgan fingerprint density at radius 1 is 1.40 bits per heavy atom. The Hall–Kier alpha value is -1.40. The summed E-state index contributed by atoms with van der Waals surface area (Å²) in [5.41, 5.74) is -0.279. The molecule has 3 aliphatic heterocycles. The number of aliphatic hydroxyl groups is 1. The first-order chi connectivity index (χ1) is 11.5. The van der Waals surface area contributed by atoms with Crippen molar-refractivity contribution in [2.24, 2.45) is 17.8 Å². The van der Waals surface area contributed by atoms with E-state index >= 15 is 0 Å². The van der Waals surface area contributed by atoms with Gasteiger partial charge in [0, 0.05) is 24.3 Å². The van der Waals surface area contributed by atoms with E-state index in [1.54, 1.807) is 13.8 Å². The molecular formula is C19H28O6. The lowest BCUT2D eigenvalue weighted by Gasteiger charge is -2.33. The van der Waals surface area contributed by atoms with E-state index < -0.39 is 35.5 Å². The van der Waals surface area contributed by atoms with Crippen LogP contribution in [0.2, 0.25) is 0 Å². The minimum Gasteiger partial charge on any atom is -0.461 e. The summed E-state index contributed by atoms with van der Waals surface area (Å²) in [7, 11) is 0. The van der Waals surface area contributed by atoms with E-state index in [1.165, 1.54) is 0 Å². The van der Waals surface area contributed by atoms with E-state index in [9.17, 15) is 14.7 Å². The molecule has 0 radical (unpaired) electrons. The molecule has 0 saturated carbocycles. The standard InChI is InChI=1S/C19H28O6/c1-10(2)16(20)24-14-9-18(5)6-7-19(22,25-18)11(3)8-13-15(14)12(4)17(21)23-13/h10-11,13-15,22H,4,6-9H2,1-3,5H3/t11-,13+,14+,15-,18-,19+/m0/s1. The van der Waals surface area contributed by atoms with Crippen LogP contribution >= 0.6 is 0 Å². The second kappa shape index (κ2) is 6.09. The fourth-order valence-corrected chi connectivity index (χ4v) is 4.25. The molecule has 3 heterocycles. The summed E-state index contributed by atoms with van der Waals surface area (Å²) in [6.07, 6.45) is 1.01. The van der Waals surface area contributed by atoms with Gasteiger partial charge >= 0.3 is 11.9 Å². The summed E-state index contributed by atoms with van der Waals surface area (Å²) in [5.74, 6) is -2.89. The molecular weight excluding hydrogens is 324 g/mol. The maximum atomic E-state index is 12.2. The van der Waals surface area contributed by atoms with Crippen LogP contribution in [0.3, 0.4) is 0 Å². The van der Waals surface area contributed by atoms with Gasteiger partial charge in [-0.25, -0.2) is 4.79 Å². The SMILES string of the molecule is C=C1C(=O)O[C@@H]2C[C@H](C)[C@@]3(O)CC[C@@](C)(C[C@@H](OC(=O)C(C)C)[C@@H]12)O3. The molecule has 0 spiro atoms. The van der Waals surface area contributed by atoms with Gasteiger partial charge in [0.25, 0.3) is 0 Å². The van der Waals surface area contributed by atoms with Gasteiger partial charge in [-0.05, 0) is 19.8 Å². The van der Waals surface area contributed by atoms with Crippen LogP contribution in [0.15, 0.2) is 12.2 Å². The number of hydrogen-bond acceptors (Lipinski definition) is 6. The van der Waals surface area contributed by atoms with Gasteiger partial charge in [0.1, 0.15) is 12.2 Å². The predicted octanol–water partition coefficient (Wildman–Crippen LogP) is 2.34. The van der Waals surface area contributed by atoms with Crippen molar-refractivity contribution in [1.82, 2.24) is 0 Å². The van der Waals surface area contributed by atoms with Gasteiger partial charge in [0.2, 0.25) is 0 Å². The molecule has 6 heteroatoms. The molecule has 3 aliphatic rings. The van der Waals surface area contributed by atoms with Crippen molar-refractivity contribution in [3.05, 3.63) is 12.2 Å². The van der Waals surface area contributed by atoms with E-state index in [1.807, 2.05) is 13.8 Å². The largest absolute Gasteiger partial charge is 0.461 e. The van der Waals surface area contributed by atoms with E-state index in [4.69, 9.17) is 14.2 Å². The molecule has 1 N–H and O–H groups in total. The van der Waals surface area contributed by atoms with Gasteiger partial charge in [-0.2, -0.15) is 0 Å². The maximum Gasteiger partial charge on any atom is 0.334 e. The first kappa shape index (κ1) is 18.4. The quantitative estimate of drug-likeness (QED) is 0.607. The van der Waals surface area contributed by atoms with Crippen LogP contribution in [0, 0.1) is 17.8 Å². The van der Waals surface area contributed by atoms with Gasteiger partial charge in [-0.15, -0.1) is 0 Å². The molecule has 0 aromatic carbocycles. The average Bonchev–Trinajstić information content (AvgIpc) is 2.97. The zero-order chi connectivity index (χ0) is 18.6. The third-order valence-electron chi connectivity index (χ3n) is 5.89. The van der Waals surface area contributed by atoms with E-state index in [0.29, 0.717) is 31.3 Å². The molecule has 0 aromatic rings. The van der Waals surface area contributed by atoms with Crippen molar-refractivity contribution in [3.8, 4) is 0 Å². The maximum absolute atomic E-state index is 12.2. The molecule has 0 unspecified atom stereocenters. The Morgan fingerprint density at radius 3 is 2.72 bits per heavy atom. The summed E-state index contributed by atoms with van der Waals surface area (Å²) in [6.45, 7) is 11.3. The second-order valence-corrected chi connectivity index (χ2v) is 8.36. The second-order valence-electron chi connectivity index (χ2n) is 8.36. The number of carbonyl (C=O) groups is 2. The van der Waals surface area contributed by atoms with Crippen LogP contribution in [-0.2, 0) is 23.8 Å². The van der Waals surface area contributed by atoms with E-state index in [2.05, 4.69) is 6.58 Å². The Balaban J connectivity index is 1.97. The monoisotopic (exact) mass is 352 g/mol. The number of carbonyl (C=O) groups excluding carboxylic acids is 2. The number of fused-ring (bicyclic) bond motifs is 3. The fraction of sp³-hybridized carbons (Fsp3) is 0.789. The van der Waals surface area contributed by atoms with Crippen LogP contribution in [-0.4, -0.2) is 40.6 Å². The normalized spacial score (nSPS) is 43.9. The third-order valence-corrected chi connectivity index (χ3v) is 5.89. The van der Waals surface area contributed by atoms with E-state index in [-0.39, 0.29) is 17.8 Å². The summed E-state index contributed by atoms with van der Waals surface area (Å²) >= 11 is 0. The molecule has 0 amide bonds. The lowest BCUT2D eigenvalue weighted by atomic mass is 9.78. The molecule has 25 heavy (non-hydrogen) atoms. The molecule has 3 fully saturated rings. The van der Waals surface area contributed by atoms with Crippen molar-refractivity contribution in [1.29, 1.82) is 0 Å². The van der Waals surface area contributed by atoms with Crippen molar-refractivity contribution < 1.29 is 28.9 Å². The van der Waals surface area contributed by atoms with Crippen molar-refractivity contribution in [2.45, 2.75) is 77.0 Å². The van der Waals surface area contributed by atoms with Crippen LogP contribution in [0.4, 0.5) is 0 Å². The van der Waals surface area contributed by atoms with Crippen LogP contribution in [0.1, 0.15) is 53.4 Å². The highest BCUT2D eigenvalue weighted by Crippen LogP contribution is 2.49. The number of ether oxygens (including phenoxy) is 3.